The Morgan fingerprint density at radius 1 is 0.757 bits per heavy atom. The molecular formula is C31H28F3N2P. The fourth-order valence-electron chi connectivity index (χ4n) is 5.09. The van der Waals surface area contributed by atoms with Gasteiger partial charge in [-0.15, -0.1) is 0 Å². The van der Waals surface area contributed by atoms with Crippen molar-refractivity contribution < 1.29 is 13.2 Å². The van der Waals surface area contributed by atoms with E-state index in [0.29, 0.717) is 5.69 Å². The third-order valence-corrected chi connectivity index (χ3v) is 10.3. The third-order valence-electron chi connectivity index (χ3n) is 7.00. The van der Waals surface area contributed by atoms with E-state index in [1.807, 2.05) is 79.8 Å². The predicted octanol–water partition coefficient (Wildman–Crippen LogP) is 8.46. The van der Waals surface area contributed by atoms with E-state index >= 15 is 0 Å². The lowest BCUT2D eigenvalue weighted by Crippen LogP contribution is -2.25. The smallest absolute Gasteiger partial charge is 0.347 e. The lowest BCUT2D eigenvalue weighted by atomic mass is 9.84. The monoisotopic (exact) mass is 516 g/mol. The fourth-order valence-corrected chi connectivity index (χ4v) is 8.56. The van der Waals surface area contributed by atoms with Gasteiger partial charge in [-0.25, -0.2) is 0 Å². The molecule has 0 atom stereocenters. The van der Waals surface area contributed by atoms with Crippen molar-refractivity contribution in [2.24, 2.45) is 4.74 Å². The number of allylic oxidation sites excluding steroid dienone is 1. The molecule has 1 heterocycles. The number of halogens is 3. The van der Waals surface area contributed by atoms with Crippen LogP contribution in [0.2, 0.25) is 0 Å². The minimum atomic E-state index is -4.44. The summed E-state index contributed by atoms with van der Waals surface area (Å²) < 4.78 is 46.1. The first kappa shape index (κ1) is 25.1. The van der Waals surface area contributed by atoms with E-state index < -0.39 is 18.8 Å². The molecule has 0 fully saturated rings. The molecule has 4 aromatic carbocycles. The number of fused-ring (bicyclic) bond motifs is 1. The second-order valence-corrected chi connectivity index (χ2v) is 12.6. The van der Waals surface area contributed by atoms with E-state index in [1.54, 1.807) is 6.07 Å². The number of hydrogen-bond acceptors (Lipinski definition) is 2. The molecule has 1 aliphatic heterocycles. The standard InChI is InChI=1S/C31H28F3N2P/c1-30(2)27-19-10-11-20-28(27)36(3)29(30)22-37(25-15-6-4-7-16-25,26-17-8-5-9-18-26)35-24-14-12-13-23(21-24)31(32,33)34/h4-22H,1-3H3/b29-22-. The molecule has 6 heteroatoms. The molecule has 188 valence electrons. The predicted molar refractivity (Wildman–Crippen MR) is 149 cm³/mol. The fraction of sp³-hybridized carbons (Fsp3) is 0.161. The van der Waals surface area contributed by atoms with Crippen molar-refractivity contribution in [3.63, 3.8) is 0 Å². The quantitative estimate of drug-likeness (QED) is 0.249. The number of anilines is 1. The van der Waals surface area contributed by atoms with Gasteiger partial charge < -0.3 is 4.90 Å². The van der Waals surface area contributed by atoms with Crippen LogP contribution in [0.4, 0.5) is 24.5 Å². The summed E-state index contributed by atoms with van der Waals surface area (Å²) in [6.07, 6.45) is -4.44. The molecule has 1 aliphatic rings. The molecule has 0 N–H and O–H groups in total. The molecule has 37 heavy (non-hydrogen) atoms. The highest BCUT2D eigenvalue weighted by atomic mass is 31.2. The van der Waals surface area contributed by atoms with Crippen molar-refractivity contribution in [3.8, 4) is 0 Å². The van der Waals surface area contributed by atoms with Gasteiger partial charge in [0.2, 0.25) is 0 Å². The summed E-state index contributed by atoms with van der Waals surface area (Å²) >= 11 is 0. The minimum absolute atomic E-state index is 0.309. The first-order chi connectivity index (χ1) is 17.6. The molecule has 0 radical (unpaired) electrons. The van der Waals surface area contributed by atoms with Gasteiger partial charge in [0.15, 0.2) is 0 Å². The van der Waals surface area contributed by atoms with Gasteiger partial charge >= 0.3 is 6.18 Å². The second-order valence-electron chi connectivity index (χ2n) is 9.72. The first-order valence-corrected chi connectivity index (χ1v) is 13.9. The summed E-state index contributed by atoms with van der Waals surface area (Å²) in [5.74, 6) is 2.23. The van der Waals surface area contributed by atoms with Crippen molar-refractivity contribution >= 4 is 29.0 Å². The maximum Gasteiger partial charge on any atom is 0.416 e. The van der Waals surface area contributed by atoms with Crippen LogP contribution in [0.1, 0.15) is 25.0 Å². The number of alkyl halides is 3. The van der Waals surface area contributed by atoms with Gasteiger partial charge in [0, 0.05) is 34.5 Å². The van der Waals surface area contributed by atoms with E-state index in [4.69, 9.17) is 4.74 Å². The van der Waals surface area contributed by atoms with Crippen LogP contribution in [0.5, 0.6) is 0 Å². The van der Waals surface area contributed by atoms with Crippen LogP contribution in [0.25, 0.3) is 0 Å². The Morgan fingerprint density at radius 2 is 1.32 bits per heavy atom. The average molecular weight is 517 g/mol. The normalized spacial score (nSPS) is 16.1. The van der Waals surface area contributed by atoms with Crippen LogP contribution >= 0.6 is 7.05 Å². The number of benzene rings is 4. The van der Waals surface area contributed by atoms with E-state index in [0.717, 1.165) is 34.1 Å². The van der Waals surface area contributed by atoms with Crippen molar-refractivity contribution in [1.29, 1.82) is 0 Å². The summed E-state index contributed by atoms with van der Waals surface area (Å²) in [7, 11) is -0.686. The lowest BCUT2D eigenvalue weighted by molar-refractivity contribution is -0.137. The van der Waals surface area contributed by atoms with Crippen LogP contribution < -0.4 is 15.5 Å². The topological polar surface area (TPSA) is 15.6 Å². The van der Waals surface area contributed by atoms with Crippen LogP contribution in [-0.2, 0) is 11.6 Å². The van der Waals surface area contributed by atoms with E-state index in [9.17, 15) is 13.2 Å². The highest BCUT2D eigenvalue weighted by Crippen LogP contribution is 2.57. The van der Waals surface area contributed by atoms with Gasteiger partial charge in [0.1, 0.15) is 0 Å². The molecule has 0 saturated heterocycles. The molecular weight excluding hydrogens is 488 g/mol. The molecule has 0 spiro atoms. The molecule has 0 saturated carbocycles. The molecule has 0 bridgehead atoms. The molecule has 0 aliphatic carbocycles. The highest BCUT2D eigenvalue weighted by molar-refractivity contribution is 7.83. The second kappa shape index (κ2) is 9.39. The Balaban J connectivity index is 1.87. The SMILES string of the molecule is CN1/C(=C\P(=Nc2cccc(C(F)(F)F)c2)(c2ccccc2)c2ccccc2)C(C)(C)c2ccccc21. The van der Waals surface area contributed by atoms with Crippen LogP contribution in [0.3, 0.4) is 0 Å². The average Bonchev–Trinajstić information content (AvgIpc) is 3.09. The Morgan fingerprint density at radius 3 is 1.89 bits per heavy atom. The molecule has 5 rings (SSSR count). The van der Waals surface area contributed by atoms with Gasteiger partial charge in [-0.2, -0.15) is 13.2 Å². The zero-order chi connectivity index (χ0) is 26.3. The first-order valence-electron chi connectivity index (χ1n) is 12.1. The van der Waals surface area contributed by atoms with Gasteiger partial charge in [-0.1, -0.05) is 98.8 Å². The zero-order valence-corrected chi connectivity index (χ0v) is 21.8. The summed E-state index contributed by atoms with van der Waals surface area (Å²) in [5.41, 5.74) is 2.70. The molecule has 0 unspecified atom stereocenters. The number of hydrogen-bond donors (Lipinski definition) is 0. The largest absolute Gasteiger partial charge is 0.416 e. The molecule has 4 aromatic rings. The van der Waals surface area contributed by atoms with Crippen molar-refractivity contribution in [3.05, 3.63) is 132 Å². The van der Waals surface area contributed by atoms with Crippen LogP contribution in [0, 0.1) is 0 Å². The maximum atomic E-state index is 13.6. The van der Waals surface area contributed by atoms with E-state index in [1.165, 1.54) is 11.6 Å². The molecule has 0 amide bonds. The molecule has 0 aromatic heterocycles. The number of likely N-dealkylation sites (N-methyl/N-ethyl adjacent to an activating group) is 1. The summed E-state index contributed by atoms with van der Waals surface area (Å²) in [6, 6.07) is 33.5. The summed E-state index contributed by atoms with van der Waals surface area (Å²) in [5, 5.41) is 1.96. The molecule has 2 nitrogen and oxygen atoms in total. The zero-order valence-electron chi connectivity index (χ0n) is 20.9. The number of rotatable bonds is 4. The maximum absolute atomic E-state index is 13.6. The Bertz CT molecular complexity index is 1460. The van der Waals surface area contributed by atoms with E-state index in [-0.39, 0.29) is 5.41 Å². The highest BCUT2D eigenvalue weighted by Gasteiger charge is 2.40. The van der Waals surface area contributed by atoms with E-state index in [2.05, 4.69) is 36.7 Å². The number of nitrogens with zero attached hydrogens (tertiary/aromatic N) is 2. The van der Waals surface area contributed by atoms with Gasteiger partial charge in [-0.05, 0) is 35.6 Å². The summed E-state index contributed by atoms with van der Waals surface area (Å²) in [6.45, 7) is 4.38. The number of para-hydroxylation sites is 1. The van der Waals surface area contributed by atoms with Crippen molar-refractivity contribution in [2.75, 3.05) is 11.9 Å². The van der Waals surface area contributed by atoms with Crippen molar-refractivity contribution in [1.82, 2.24) is 0 Å². The third kappa shape index (κ3) is 4.53. The van der Waals surface area contributed by atoms with Gasteiger partial charge in [0.25, 0.3) is 0 Å². The van der Waals surface area contributed by atoms with Crippen molar-refractivity contribution in [2.45, 2.75) is 25.4 Å². The Hall–Kier alpha value is -3.56. The minimum Gasteiger partial charge on any atom is -0.347 e. The van der Waals surface area contributed by atoms with Crippen LogP contribution in [0.15, 0.2) is 125 Å². The van der Waals surface area contributed by atoms with Crippen LogP contribution in [-0.4, -0.2) is 7.05 Å². The lowest BCUT2D eigenvalue weighted by Gasteiger charge is -2.30. The Kier molecular flexibility index (Phi) is 6.37. The van der Waals surface area contributed by atoms with Gasteiger partial charge in [0.05, 0.1) is 18.3 Å². The van der Waals surface area contributed by atoms with Gasteiger partial charge in [-0.3, -0.25) is 4.74 Å². The Labute approximate surface area is 216 Å². The summed E-state index contributed by atoms with van der Waals surface area (Å²) in [4.78, 5) is 2.19.